The van der Waals surface area contributed by atoms with Crippen LogP contribution in [-0.2, 0) is 16.1 Å². The number of aromatic nitrogens is 1. The Labute approximate surface area is 207 Å². The summed E-state index contributed by atoms with van der Waals surface area (Å²) in [5, 5.41) is 17.7. The SMILES string of the molecule is CCOC(=O)C1=C(C)NC(Sc2nc(C)cc(CNC)c2C#N)=N[C@@H]1c1cccc(Cl)c1Cl. The normalized spacial score (nSPS) is 15.5. The van der Waals surface area contributed by atoms with E-state index < -0.39 is 12.0 Å². The average molecular weight is 504 g/mol. The molecule has 3 rings (SSSR count). The molecule has 0 fully saturated rings. The van der Waals surface area contributed by atoms with Crippen LogP contribution in [0.3, 0.4) is 0 Å². The van der Waals surface area contributed by atoms with E-state index >= 15 is 0 Å². The average Bonchev–Trinajstić information content (AvgIpc) is 2.75. The first-order chi connectivity index (χ1) is 15.8. The fourth-order valence-electron chi connectivity index (χ4n) is 3.45. The number of aryl methyl sites for hydroxylation is 1. The lowest BCUT2D eigenvalue weighted by molar-refractivity contribution is -0.138. The van der Waals surface area contributed by atoms with Crippen LogP contribution in [0, 0.1) is 18.3 Å². The van der Waals surface area contributed by atoms with E-state index in [4.69, 9.17) is 32.9 Å². The van der Waals surface area contributed by atoms with Gasteiger partial charge in [0.25, 0.3) is 0 Å². The van der Waals surface area contributed by atoms with Crippen LogP contribution in [-0.4, -0.2) is 29.8 Å². The number of aliphatic imine (C=N–C) groups is 1. The van der Waals surface area contributed by atoms with Crippen molar-refractivity contribution < 1.29 is 9.53 Å². The van der Waals surface area contributed by atoms with E-state index in [0.717, 1.165) is 11.3 Å². The molecule has 0 bridgehead atoms. The van der Waals surface area contributed by atoms with Crippen LogP contribution in [0.4, 0.5) is 0 Å². The zero-order valence-electron chi connectivity index (χ0n) is 18.6. The topological polar surface area (TPSA) is 99.4 Å². The molecule has 0 saturated heterocycles. The summed E-state index contributed by atoms with van der Waals surface area (Å²) in [4.78, 5) is 22.1. The van der Waals surface area contributed by atoms with Crippen molar-refractivity contribution in [3.63, 3.8) is 0 Å². The number of carbonyl (C=O) groups is 1. The summed E-state index contributed by atoms with van der Waals surface area (Å²) in [5.41, 5.74) is 3.61. The number of amidine groups is 1. The number of esters is 1. The van der Waals surface area contributed by atoms with Crippen LogP contribution in [0.2, 0.25) is 10.0 Å². The molecule has 2 aromatic rings. The molecule has 0 radical (unpaired) electrons. The lowest BCUT2D eigenvalue weighted by atomic mass is 9.96. The molecule has 2 heterocycles. The van der Waals surface area contributed by atoms with Gasteiger partial charge in [-0.1, -0.05) is 35.3 Å². The standard InChI is InChI=1S/C23H23Cl2N5O2S/c1-5-32-22(31)18-13(3)29-23(30-20(18)15-7-6-8-17(24)19(15)25)33-21-16(10-26)14(11-27-4)9-12(2)28-21/h6-9,20,27H,5,11H2,1-4H3,(H,29,30)/t20-/m1/s1. The largest absolute Gasteiger partial charge is 0.463 e. The lowest BCUT2D eigenvalue weighted by Crippen LogP contribution is -2.30. The highest BCUT2D eigenvalue weighted by Gasteiger charge is 2.32. The Morgan fingerprint density at radius 1 is 1.36 bits per heavy atom. The van der Waals surface area contributed by atoms with Crippen molar-refractivity contribution in [1.82, 2.24) is 15.6 Å². The molecule has 0 aliphatic carbocycles. The highest BCUT2D eigenvalue weighted by atomic mass is 35.5. The van der Waals surface area contributed by atoms with Gasteiger partial charge in [-0.2, -0.15) is 5.26 Å². The smallest absolute Gasteiger partial charge is 0.338 e. The summed E-state index contributed by atoms with van der Waals surface area (Å²) in [7, 11) is 1.82. The lowest BCUT2D eigenvalue weighted by Gasteiger charge is -2.26. The molecule has 0 saturated carbocycles. The highest BCUT2D eigenvalue weighted by Crippen LogP contribution is 2.39. The van der Waals surface area contributed by atoms with Gasteiger partial charge in [-0.05, 0) is 57.3 Å². The second-order valence-corrected chi connectivity index (χ2v) is 8.97. The number of nitrogens with zero attached hydrogens (tertiary/aromatic N) is 3. The van der Waals surface area contributed by atoms with E-state index in [1.807, 2.05) is 20.0 Å². The fourth-order valence-corrected chi connectivity index (χ4v) is 4.88. The zero-order valence-corrected chi connectivity index (χ0v) is 21.0. The molecule has 33 heavy (non-hydrogen) atoms. The Kier molecular flexibility index (Phi) is 8.38. The van der Waals surface area contributed by atoms with E-state index in [1.165, 1.54) is 11.8 Å². The maximum absolute atomic E-state index is 12.8. The van der Waals surface area contributed by atoms with Gasteiger partial charge in [0.2, 0.25) is 0 Å². The van der Waals surface area contributed by atoms with E-state index in [2.05, 4.69) is 21.7 Å². The molecular formula is C23H23Cl2N5O2S. The molecule has 1 aliphatic heterocycles. The van der Waals surface area contributed by atoms with E-state index in [0.29, 0.717) is 49.2 Å². The maximum Gasteiger partial charge on any atom is 0.338 e. The molecule has 1 aromatic carbocycles. The molecule has 1 aliphatic rings. The number of carbonyl (C=O) groups excluding carboxylic acids is 1. The molecule has 7 nitrogen and oxygen atoms in total. The van der Waals surface area contributed by atoms with Crippen LogP contribution >= 0.6 is 35.0 Å². The summed E-state index contributed by atoms with van der Waals surface area (Å²) in [6.45, 7) is 6.15. The number of ether oxygens (including phenoxy) is 1. The van der Waals surface area contributed by atoms with Gasteiger partial charge >= 0.3 is 5.97 Å². The fraction of sp³-hybridized carbons (Fsp3) is 0.304. The first kappa shape index (κ1) is 25.1. The number of hydrogen-bond acceptors (Lipinski definition) is 8. The Bertz CT molecular complexity index is 1190. The Hall–Kier alpha value is -2.57. The van der Waals surface area contributed by atoms with Crippen LogP contribution in [0.5, 0.6) is 0 Å². The van der Waals surface area contributed by atoms with Gasteiger partial charge in [-0.25, -0.2) is 14.8 Å². The van der Waals surface area contributed by atoms with Crippen LogP contribution in [0.25, 0.3) is 0 Å². The summed E-state index contributed by atoms with van der Waals surface area (Å²) in [6, 6.07) is 8.61. The second kappa shape index (κ2) is 11.0. The third kappa shape index (κ3) is 5.50. The van der Waals surface area contributed by atoms with Crippen molar-refractivity contribution in [3.05, 3.63) is 68.0 Å². The Morgan fingerprint density at radius 2 is 2.12 bits per heavy atom. The Balaban J connectivity index is 2.09. The van der Waals surface area contributed by atoms with Gasteiger partial charge in [0.1, 0.15) is 17.1 Å². The van der Waals surface area contributed by atoms with Gasteiger partial charge in [0.15, 0.2) is 5.17 Å². The van der Waals surface area contributed by atoms with Crippen molar-refractivity contribution in [2.24, 2.45) is 4.99 Å². The minimum atomic E-state index is -0.730. The number of benzene rings is 1. The number of halogens is 2. The van der Waals surface area contributed by atoms with Crippen LogP contribution < -0.4 is 10.6 Å². The molecule has 2 N–H and O–H groups in total. The molecule has 0 spiro atoms. The Morgan fingerprint density at radius 3 is 2.79 bits per heavy atom. The number of nitrogens with one attached hydrogen (secondary N) is 2. The van der Waals surface area contributed by atoms with Gasteiger partial charge in [-0.15, -0.1) is 0 Å². The number of nitriles is 1. The van der Waals surface area contributed by atoms with Crippen molar-refractivity contribution in [2.75, 3.05) is 13.7 Å². The monoisotopic (exact) mass is 503 g/mol. The molecule has 172 valence electrons. The zero-order chi connectivity index (χ0) is 24.1. The van der Waals surface area contributed by atoms with Crippen molar-refractivity contribution in [1.29, 1.82) is 5.26 Å². The van der Waals surface area contributed by atoms with Gasteiger partial charge in [-0.3, -0.25) is 0 Å². The van der Waals surface area contributed by atoms with Crippen LogP contribution in [0.15, 0.2) is 45.6 Å². The number of rotatable bonds is 6. The van der Waals surface area contributed by atoms with E-state index in [9.17, 15) is 10.1 Å². The predicted octanol–water partition coefficient (Wildman–Crippen LogP) is 4.92. The molecule has 0 unspecified atom stereocenters. The molecule has 1 atom stereocenters. The van der Waals surface area contributed by atoms with Crippen molar-refractivity contribution in [3.8, 4) is 6.07 Å². The molecular weight excluding hydrogens is 481 g/mol. The predicted molar refractivity (Wildman–Crippen MR) is 131 cm³/mol. The van der Waals surface area contributed by atoms with Gasteiger partial charge in [0, 0.05) is 23.5 Å². The highest BCUT2D eigenvalue weighted by molar-refractivity contribution is 8.13. The van der Waals surface area contributed by atoms with E-state index in [1.54, 1.807) is 32.0 Å². The first-order valence-electron chi connectivity index (χ1n) is 10.2. The van der Waals surface area contributed by atoms with Crippen molar-refractivity contribution in [2.45, 2.75) is 38.4 Å². The maximum atomic E-state index is 12.8. The minimum Gasteiger partial charge on any atom is -0.463 e. The van der Waals surface area contributed by atoms with E-state index in [-0.39, 0.29) is 6.61 Å². The summed E-state index contributed by atoms with van der Waals surface area (Å²) < 4.78 is 5.27. The third-order valence-electron chi connectivity index (χ3n) is 4.86. The van der Waals surface area contributed by atoms with Crippen LogP contribution in [0.1, 0.15) is 42.3 Å². The summed E-state index contributed by atoms with van der Waals surface area (Å²) in [6.07, 6.45) is 0. The summed E-state index contributed by atoms with van der Waals surface area (Å²) >= 11 is 14.0. The number of hydrogen-bond donors (Lipinski definition) is 2. The molecule has 0 amide bonds. The molecule has 10 heteroatoms. The molecule has 1 aromatic heterocycles. The second-order valence-electron chi connectivity index (χ2n) is 7.21. The van der Waals surface area contributed by atoms with Crippen molar-refractivity contribution >= 4 is 46.1 Å². The number of pyridine rings is 1. The number of thioether (sulfide) groups is 1. The number of allylic oxidation sites excluding steroid dienone is 1. The van der Waals surface area contributed by atoms with Gasteiger partial charge < -0.3 is 15.4 Å². The quantitative estimate of drug-likeness (QED) is 0.539. The minimum absolute atomic E-state index is 0.226. The summed E-state index contributed by atoms with van der Waals surface area (Å²) in [5.74, 6) is -0.487. The van der Waals surface area contributed by atoms with Gasteiger partial charge in [0.05, 0.1) is 27.8 Å². The third-order valence-corrected chi connectivity index (χ3v) is 6.58. The first-order valence-corrected chi connectivity index (χ1v) is 11.8.